The molecule has 0 spiro atoms. The van der Waals surface area contributed by atoms with E-state index in [2.05, 4.69) is 67.5 Å². The van der Waals surface area contributed by atoms with Crippen molar-refractivity contribution in [3.63, 3.8) is 0 Å². The van der Waals surface area contributed by atoms with Crippen LogP contribution in [0.5, 0.6) is 0 Å². The van der Waals surface area contributed by atoms with Gasteiger partial charge in [-0.05, 0) is 54.0 Å². The van der Waals surface area contributed by atoms with Crippen molar-refractivity contribution < 1.29 is 33.3 Å². The average molecular weight is 601 g/mol. The molecule has 42 heavy (non-hydrogen) atoms. The van der Waals surface area contributed by atoms with Crippen molar-refractivity contribution in [1.29, 1.82) is 0 Å². The van der Waals surface area contributed by atoms with Crippen LogP contribution in [0.2, 0.25) is 16.6 Å². The Bertz CT molecular complexity index is 1130. The Labute approximate surface area is 253 Å². The highest BCUT2D eigenvalue weighted by Gasteiger charge is 2.62. The largest absolute Gasteiger partial charge is 0.462 e. The molecular weight excluding hydrogens is 548 g/mol. The van der Waals surface area contributed by atoms with Gasteiger partial charge >= 0.3 is 11.9 Å². The van der Waals surface area contributed by atoms with E-state index in [-0.39, 0.29) is 31.0 Å². The molecule has 4 aliphatic rings. The van der Waals surface area contributed by atoms with Gasteiger partial charge in [-0.25, -0.2) is 0 Å². The van der Waals surface area contributed by atoms with Gasteiger partial charge in [0.15, 0.2) is 0 Å². The molecule has 0 aromatic carbocycles. The molecule has 0 amide bonds. The molecule has 4 rings (SSSR count). The standard InChI is InChI=1S/C34H52O7Si/c1-20(2)42(21(3)4,22(5)6)41-31-25(9)16-29-33(36)40-28-17-27(39-30(35)18-28)14-13-24(8)15-23(7)11-10-12-26-19-38-32(31)34(26,29)37/h10-13,16,20-23,27-29,31-32,37H,14-15,17-19H2,1-9H3/b11-10+,24-13+,26-12?/t23-,27+,28-,29-,31+,32+,34+/m0/s1. The fourth-order valence-electron chi connectivity index (χ4n) is 7.91. The van der Waals surface area contributed by atoms with Crippen LogP contribution in [0.15, 0.2) is 47.1 Å². The number of carbonyl (C=O) groups excluding carboxylic acids is 2. The lowest BCUT2D eigenvalue weighted by atomic mass is 9.71. The second-order valence-electron chi connectivity index (χ2n) is 14.0. The molecule has 2 saturated heterocycles. The third-order valence-corrected chi connectivity index (χ3v) is 16.0. The summed E-state index contributed by atoms with van der Waals surface area (Å²) in [5, 5.41) is 12.6. The highest BCUT2D eigenvalue weighted by Crippen LogP contribution is 2.50. The van der Waals surface area contributed by atoms with Gasteiger partial charge in [0.25, 0.3) is 0 Å². The minimum absolute atomic E-state index is 0.0121. The van der Waals surface area contributed by atoms with Gasteiger partial charge in [0.1, 0.15) is 29.8 Å². The fourth-order valence-corrected chi connectivity index (χ4v) is 13.5. The number of hydrogen-bond acceptors (Lipinski definition) is 7. The van der Waals surface area contributed by atoms with Crippen molar-refractivity contribution in [2.75, 3.05) is 6.61 Å². The highest BCUT2D eigenvalue weighted by atomic mass is 28.4. The molecule has 0 saturated carbocycles. The van der Waals surface area contributed by atoms with Crippen molar-refractivity contribution in [2.24, 2.45) is 11.8 Å². The molecule has 2 fully saturated rings. The van der Waals surface area contributed by atoms with E-state index in [0.29, 0.717) is 35.0 Å². The molecule has 0 aromatic rings. The van der Waals surface area contributed by atoms with Crippen LogP contribution in [0.25, 0.3) is 0 Å². The molecule has 7 atom stereocenters. The van der Waals surface area contributed by atoms with E-state index in [0.717, 1.165) is 12.0 Å². The molecule has 1 N–H and O–H groups in total. The first kappa shape index (κ1) is 32.9. The minimum atomic E-state index is -2.36. The lowest BCUT2D eigenvalue weighted by molar-refractivity contribution is -0.178. The zero-order valence-corrected chi connectivity index (χ0v) is 28.0. The van der Waals surface area contributed by atoms with E-state index in [9.17, 15) is 14.7 Å². The Hall–Kier alpha value is -2.00. The third-order valence-electron chi connectivity index (χ3n) is 9.90. The zero-order valence-electron chi connectivity index (χ0n) is 27.0. The summed E-state index contributed by atoms with van der Waals surface area (Å²) in [5.74, 6) is -1.64. The number of carbonyl (C=O) groups is 2. The van der Waals surface area contributed by atoms with Gasteiger partial charge in [-0.15, -0.1) is 0 Å². The first-order valence-electron chi connectivity index (χ1n) is 15.8. The van der Waals surface area contributed by atoms with Gasteiger partial charge in [0.05, 0.1) is 19.1 Å². The van der Waals surface area contributed by atoms with Crippen LogP contribution in [0.3, 0.4) is 0 Å². The molecule has 0 aromatic heterocycles. The predicted octanol–water partition coefficient (Wildman–Crippen LogP) is 6.73. The van der Waals surface area contributed by atoms with Crippen molar-refractivity contribution in [3.05, 3.63) is 47.1 Å². The number of allylic oxidation sites excluding steroid dienone is 4. The quantitative estimate of drug-likeness (QED) is 0.213. The second-order valence-corrected chi connectivity index (χ2v) is 19.4. The number of ether oxygens (including phenoxy) is 3. The third kappa shape index (κ3) is 6.28. The monoisotopic (exact) mass is 600 g/mol. The number of rotatable bonds is 5. The summed E-state index contributed by atoms with van der Waals surface area (Å²) in [6.45, 7) is 19.8. The molecule has 1 aliphatic carbocycles. The zero-order chi connectivity index (χ0) is 31.0. The van der Waals surface area contributed by atoms with Crippen LogP contribution >= 0.6 is 0 Å². The second kappa shape index (κ2) is 12.9. The maximum Gasteiger partial charge on any atom is 0.316 e. The van der Waals surface area contributed by atoms with Gasteiger partial charge < -0.3 is 23.7 Å². The van der Waals surface area contributed by atoms with Crippen LogP contribution < -0.4 is 0 Å². The van der Waals surface area contributed by atoms with E-state index in [1.54, 1.807) is 0 Å². The Morgan fingerprint density at radius 3 is 2.31 bits per heavy atom. The van der Waals surface area contributed by atoms with Crippen LogP contribution in [-0.2, 0) is 28.2 Å². The van der Waals surface area contributed by atoms with Crippen molar-refractivity contribution in [1.82, 2.24) is 0 Å². The van der Waals surface area contributed by atoms with E-state index >= 15 is 0 Å². The smallest absolute Gasteiger partial charge is 0.316 e. The lowest BCUT2D eigenvalue weighted by Gasteiger charge is -2.49. The fraction of sp³-hybridized carbons (Fsp3) is 0.706. The summed E-state index contributed by atoms with van der Waals surface area (Å²) in [6, 6.07) is 0. The number of aliphatic hydroxyl groups is 1. The van der Waals surface area contributed by atoms with E-state index in [4.69, 9.17) is 18.6 Å². The summed E-state index contributed by atoms with van der Waals surface area (Å²) in [6.07, 6.45) is 9.64. The molecule has 7 nitrogen and oxygen atoms in total. The molecule has 234 valence electrons. The van der Waals surface area contributed by atoms with E-state index in [1.807, 2.05) is 25.2 Å². The van der Waals surface area contributed by atoms with Gasteiger partial charge in [-0.2, -0.15) is 0 Å². The Balaban J connectivity index is 1.79. The summed E-state index contributed by atoms with van der Waals surface area (Å²) in [7, 11) is -2.36. The van der Waals surface area contributed by atoms with Crippen LogP contribution in [0.4, 0.5) is 0 Å². The van der Waals surface area contributed by atoms with Crippen molar-refractivity contribution in [3.8, 4) is 0 Å². The summed E-state index contributed by atoms with van der Waals surface area (Å²) < 4.78 is 25.2. The van der Waals surface area contributed by atoms with Crippen LogP contribution in [-0.4, -0.2) is 62.0 Å². The predicted molar refractivity (Wildman–Crippen MR) is 166 cm³/mol. The summed E-state index contributed by atoms with van der Waals surface area (Å²) in [5.41, 5.74) is 2.12. The molecule has 3 aliphatic heterocycles. The molecule has 3 heterocycles. The first-order chi connectivity index (χ1) is 19.7. The number of fused-ring (bicyclic) bond motifs is 2. The Morgan fingerprint density at radius 2 is 1.67 bits per heavy atom. The van der Waals surface area contributed by atoms with Crippen LogP contribution in [0, 0.1) is 11.8 Å². The number of hydrogen-bond donors (Lipinski definition) is 1. The minimum Gasteiger partial charge on any atom is -0.462 e. The van der Waals surface area contributed by atoms with Crippen LogP contribution in [0.1, 0.15) is 88.0 Å². The van der Waals surface area contributed by atoms with Crippen molar-refractivity contribution in [2.45, 2.75) is 135 Å². The van der Waals surface area contributed by atoms with E-state index in [1.165, 1.54) is 5.57 Å². The average Bonchev–Trinajstić information content (AvgIpc) is 3.22. The highest BCUT2D eigenvalue weighted by molar-refractivity contribution is 6.77. The molecule has 0 unspecified atom stereocenters. The Morgan fingerprint density at radius 1 is 1.00 bits per heavy atom. The maximum absolute atomic E-state index is 13.9. The topological polar surface area (TPSA) is 91.3 Å². The van der Waals surface area contributed by atoms with E-state index < -0.39 is 44.1 Å². The molecule has 2 bridgehead atoms. The molecular formula is C34H52O7Si. The van der Waals surface area contributed by atoms with Gasteiger partial charge in [-0.3, -0.25) is 9.59 Å². The Kier molecular flexibility index (Phi) is 10.1. The first-order valence-corrected chi connectivity index (χ1v) is 18.0. The number of esters is 2. The summed E-state index contributed by atoms with van der Waals surface area (Å²) in [4.78, 5) is 26.4. The molecule has 8 heteroatoms. The lowest BCUT2D eigenvalue weighted by Crippen LogP contribution is -2.61. The molecule has 0 radical (unpaired) electrons. The normalized spacial score (nSPS) is 36.5. The van der Waals surface area contributed by atoms with Gasteiger partial charge in [-0.1, -0.05) is 84.4 Å². The van der Waals surface area contributed by atoms with Crippen molar-refractivity contribution >= 4 is 20.3 Å². The van der Waals surface area contributed by atoms with Gasteiger partial charge in [0, 0.05) is 12.8 Å². The SMILES string of the molecule is CC1=C[C@H]2C(=O)O[C@@H]3CC(=O)O[C@H](C/C=C(\C)C[C@@H](C)/C=C/C=C4CO[C@H]([C@@H]1O[Si](C(C)C)(C(C)C)C(C)C)[C@@]42O)C3. The van der Waals surface area contributed by atoms with Gasteiger partial charge in [0.2, 0.25) is 8.32 Å². The maximum atomic E-state index is 13.9. The summed E-state index contributed by atoms with van der Waals surface area (Å²) >= 11 is 0.